The van der Waals surface area contributed by atoms with Crippen molar-refractivity contribution in [2.24, 2.45) is 0 Å². The second-order valence-corrected chi connectivity index (χ2v) is 4.79. The highest BCUT2D eigenvalue weighted by atomic mass is 14.9. The van der Waals surface area contributed by atoms with Crippen LogP contribution in [0.3, 0.4) is 0 Å². The van der Waals surface area contributed by atoms with Gasteiger partial charge in [0.1, 0.15) is 5.82 Å². The third-order valence-electron chi connectivity index (χ3n) is 3.35. The average molecular weight is 224 g/mol. The van der Waals surface area contributed by atoms with Crippen molar-refractivity contribution in [2.75, 3.05) is 0 Å². The molecule has 0 amide bonds. The molecule has 2 heteroatoms. The molecule has 3 rings (SSSR count). The van der Waals surface area contributed by atoms with Gasteiger partial charge in [0.2, 0.25) is 0 Å². The van der Waals surface area contributed by atoms with Gasteiger partial charge in [0.05, 0.1) is 11.9 Å². The van der Waals surface area contributed by atoms with E-state index in [2.05, 4.69) is 41.2 Å². The summed E-state index contributed by atoms with van der Waals surface area (Å²) < 4.78 is 0. The zero-order chi connectivity index (χ0) is 11.8. The zero-order valence-corrected chi connectivity index (χ0v) is 10.2. The standard InChI is InChI=1S/C15H16N2/c1-10-3-4-13-8-14(6-5-12(13)7-10)15-9-16-11(2)17-15/h5-9H,3-4H2,1-2H3,(H,16,17). The third kappa shape index (κ3) is 1.91. The number of nitrogens with one attached hydrogen (secondary N) is 1. The summed E-state index contributed by atoms with van der Waals surface area (Å²) >= 11 is 0. The average Bonchev–Trinajstić information content (AvgIpc) is 2.75. The first-order chi connectivity index (χ1) is 8.22. The predicted molar refractivity (Wildman–Crippen MR) is 70.7 cm³/mol. The lowest BCUT2D eigenvalue weighted by atomic mass is 9.91. The summed E-state index contributed by atoms with van der Waals surface area (Å²) in [4.78, 5) is 7.53. The van der Waals surface area contributed by atoms with E-state index < -0.39 is 0 Å². The Labute approximate surface area is 101 Å². The Balaban J connectivity index is 2.05. The van der Waals surface area contributed by atoms with E-state index in [0.717, 1.165) is 17.9 Å². The Morgan fingerprint density at radius 3 is 2.82 bits per heavy atom. The summed E-state index contributed by atoms with van der Waals surface area (Å²) in [5.74, 6) is 0.966. The van der Waals surface area contributed by atoms with Gasteiger partial charge in [-0.1, -0.05) is 23.8 Å². The van der Waals surface area contributed by atoms with Crippen LogP contribution in [-0.4, -0.2) is 9.97 Å². The van der Waals surface area contributed by atoms with Gasteiger partial charge in [0, 0.05) is 0 Å². The van der Waals surface area contributed by atoms with E-state index in [9.17, 15) is 0 Å². The number of H-pyrrole nitrogens is 1. The minimum absolute atomic E-state index is 0.966. The predicted octanol–water partition coefficient (Wildman–Crippen LogP) is 3.73. The van der Waals surface area contributed by atoms with Crippen LogP contribution in [0.15, 0.2) is 30.0 Å². The van der Waals surface area contributed by atoms with Gasteiger partial charge in [-0.2, -0.15) is 0 Å². The molecule has 1 N–H and O–H groups in total. The molecular weight excluding hydrogens is 208 g/mol. The van der Waals surface area contributed by atoms with Crippen LogP contribution in [0.5, 0.6) is 0 Å². The first kappa shape index (κ1) is 10.3. The molecule has 1 aliphatic carbocycles. The van der Waals surface area contributed by atoms with Gasteiger partial charge in [-0.15, -0.1) is 0 Å². The molecule has 0 fully saturated rings. The second-order valence-electron chi connectivity index (χ2n) is 4.79. The number of benzene rings is 1. The summed E-state index contributed by atoms with van der Waals surface area (Å²) in [6.07, 6.45) is 6.53. The molecule has 0 saturated carbocycles. The maximum absolute atomic E-state index is 4.25. The molecular formula is C15H16N2. The van der Waals surface area contributed by atoms with Crippen molar-refractivity contribution in [3.05, 3.63) is 46.9 Å². The molecule has 0 aliphatic heterocycles. The normalized spacial score (nSPS) is 14.4. The van der Waals surface area contributed by atoms with Gasteiger partial charge in [-0.3, -0.25) is 0 Å². The molecule has 1 heterocycles. The van der Waals surface area contributed by atoms with Gasteiger partial charge in [0.25, 0.3) is 0 Å². The molecule has 0 unspecified atom stereocenters. The summed E-state index contributed by atoms with van der Waals surface area (Å²) in [5.41, 5.74) is 6.63. The fourth-order valence-corrected chi connectivity index (χ4v) is 2.37. The molecule has 2 nitrogen and oxygen atoms in total. The molecule has 2 aromatic rings. The lowest BCUT2D eigenvalue weighted by Gasteiger charge is -2.14. The number of aromatic amines is 1. The Hall–Kier alpha value is -1.83. The third-order valence-corrected chi connectivity index (χ3v) is 3.35. The number of aromatic nitrogens is 2. The highest BCUT2D eigenvalue weighted by Gasteiger charge is 2.09. The number of imidazole rings is 1. The quantitative estimate of drug-likeness (QED) is 0.785. The van der Waals surface area contributed by atoms with E-state index in [4.69, 9.17) is 0 Å². The molecule has 1 aromatic carbocycles. The van der Waals surface area contributed by atoms with Crippen LogP contribution in [0.25, 0.3) is 17.3 Å². The minimum atomic E-state index is 0.966. The van der Waals surface area contributed by atoms with Crippen molar-refractivity contribution in [2.45, 2.75) is 26.7 Å². The maximum atomic E-state index is 4.25. The first-order valence-corrected chi connectivity index (χ1v) is 6.04. The van der Waals surface area contributed by atoms with Crippen LogP contribution < -0.4 is 0 Å². The van der Waals surface area contributed by atoms with E-state index in [1.807, 2.05) is 13.1 Å². The number of rotatable bonds is 1. The first-order valence-electron chi connectivity index (χ1n) is 6.04. The van der Waals surface area contributed by atoms with Crippen molar-refractivity contribution in [1.82, 2.24) is 9.97 Å². The minimum Gasteiger partial charge on any atom is -0.342 e. The number of allylic oxidation sites excluding steroid dienone is 1. The molecule has 0 saturated heterocycles. The van der Waals surface area contributed by atoms with Crippen LogP contribution in [0.1, 0.15) is 30.3 Å². The molecule has 17 heavy (non-hydrogen) atoms. The molecule has 0 spiro atoms. The van der Waals surface area contributed by atoms with E-state index in [1.54, 1.807) is 0 Å². The largest absolute Gasteiger partial charge is 0.342 e. The van der Waals surface area contributed by atoms with Crippen LogP contribution in [0.4, 0.5) is 0 Å². The lowest BCUT2D eigenvalue weighted by Crippen LogP contribution is -1.97. The van der Waals surface area contributed by atoms with Crippen LogP contribution >= 0.6 is 0 Å². The van der Waals surface area contributed by atoms with Crippen LogP contribution in [0.2, 0.25) is 0 Å². The fourth-order valence-electron chi connectivity index (χ4n) is 2.37. The van der Waals surface area contributed by atoms with Crippen molar-refractivity contribution in [3.63, 3.8) is 0 Å². The number of fused-ring (bicyclic) bond motifs is 1. The topological polar surface area (TPSA) is 28.7 Å². The van der Waals surface area contributed by atoms with E-state index >= 15 is 0 Å². The Bertz CT molecular complexity index is 591. The van der Waals surface area contributed by atoms with Crippen molar-refractivity contribution in [3.8, 4) is 11.3 Å². The van der Waals surface area contributed by atoms with E-state index in [1.165, 1.54) is 28.7 Å². The maximum Gasteiger partial charge on any atom is 0.103 e. The fraction of sp³-hybridized carbons (Fsp3) is 0.267. The van der Waals surface area contributed by atoms with Gasteiger partial charge in [-0.05, 0) is 49.4 Å². The van der Waals surface area contributed by atoms with Gasteiger partial charge < -0.3 is 4.98 Å². The van der Waals surface area contributed by atoms with Gasteiger partial charge in [-0.25, -0.2) is 4.98 Å². The molecule has 0 atom stereocenters. The lowest BCUT2D eigenvalue weighted by molar-refractivity contribution is 0.928. The van der Waals surface area contributed by atoms with Gasteiger partial charge >= 0.3 is 0 Å². The zero-order valence-electron chi connectivity index (χ0n) is 10.2. The summed E-state index contributed by atoms with van der Waals surface area (Å²) in [7, 11) is 0. The van der Waals surface area contributed by atoms with Crippen molar-refractivity contribution >= 4 is 6.08 Å². The molecule has 1 aromatic heterocycles. The van der Waals surface area contributed by atoms with Crippen LogP contribution in [0, 0.1) is 6.92 Å². The molecule has 0 bridgehead atoms. The van der Waals surface area contributed by atoms with Gasteiger partial charge in [0.15, 0.2) is 0 Å². The van der Waals surface area contributed by atoms with E-state index in [-0.39, 0.29) is 0 Å². The molecule has 1 aliphatic rings. The van der Waals surface area contributed by atoms with E-state index in [0.29, 0.717) is 0 Å². The smallest absolute Gasteiger partial charge is 0.103 e. The summed E-state index contributed by atoms with van der Waals surface area (Å²) in [6, 6.07) is 6.66. The van der Waals surface area contributed by atoms with Crippen LogP contribution in [-0.2, 0) is 6.42 Å². The van der Waals surface area contributed by atoms with Crippen molar-refractivity contribution < 1.29 is 0 Å². The number of aryl methyl sites for hydroxylation is 2. The molecule has 0 radical (unpaired) electrons. The highest BCUT2D eigenvalue weighted by Crippen LogP contribution is 2.27. The summed E-state index contributed by atoms with van der Waals surface area (Å²) in [5, 5.41) is 0. The number of nitrogens with zero attached hydrogens (tertiary/aromatic N) is 1. The Kier molecular flexibility index (Phi) is 2.36. The molecule has 86 valence electrons. The monoisotopic (exact) mass is 224 g/mol. The number of hydrogen-bond donors (Lipinski definition) is 1. The van der Waals surface area contributed by atoms with Crippen molar-refractivity contribution in [1.29, 1.82) is 0 Å². The number of hydrogen-bond acceptors (Lipinski definition) is 1. The SMILES string of the molecule is CC1=Cc2ccc(-c3cnc(C)[nH]3)cc2CC1. The Morgan fingerprint density at radius 2 is 2.06 bits per heavy atom. The second kappa shape index (κ2) is 3.88. The highest BCUT2D eigenvalue weighted by molar-refractivity contribution is 5.67. The summed E-state index contributed by atoms with van der Waals surface area (Å²) in [6.45, 7) is 4.18. The Morgan fingerprint density at radius 1 is 1.18 bits per heavy atom.